The number of carbonyl (C=O) groups excluding carboxylic acids is 2. The molecule has 2 saturated carbocycles. The van der Waals surface area contributed by atoms with Crippen molar-refractivity contribution in [3.8, 4) is 0 Å². The van der Waals surface area contributed by atoms with E-state index in [1.807, 2.05) is 10.6 Å². The van der Waals surface area contributed by atoms with Crippen LogP contribution in [-0.4, -0.2) is 38.4 Å². The van der Waals surface area contributed by atoms with Crippen LogP contribution in [0.25, 0.3) is 0 Å². The Morgan fingerprint density at radius 2 is 2.00 bits per heavy atom. The molecule has 146 valence electrons. The molecule has 0 spiro atoms. The molecule has 0 unspecified atom stereocenters. The molecular formula is C20H23N5O2S. The van der Waals surface area contributed by atoms with E-state index in [2.05, 4.69) is 27.4 Å². The van der Waals surface area contributed by atoms with Gasteiger partial charge in [0.25, 0.3) is 5.91 Å². The summed E-state index contributed by atoms with van der Waals surface area (Å²) in [5.74, 6) is 1.32. The van der Waals surface area contributed by atoms with Crippen molar-refractivity contribution in [2.24, 2.45) is 0 Å². The molecule has 2 aromatic rings. The summed E-state index contributed by atoms with van der Waals surface area (Å²) >= 11 is 1.34. The van der Waals surface area contributed by atoms with Crippen molar-refractivity contribution in [2.75, 3.05) is 11.1 Å². The number of nitrogens with one attached hydrogen (secondary N) is 2. The van der Waals surface area contributed by atoms with Gasteiger partial charge in [0, 0.05) is 18.5 Å². The fraction of sp³-hybridized carbons (Fsp3) is 0.400. The fourth-order valence-corrected chi connectivity index (χ4v) is 3.70. The number of hydrogen-bond donors (Lipinski definition) is 2. The molecule has 2 amide bonds. The number of allylic oxidation sites excluding steroid dienone is 1. The molecule has 0 saturated heterocycles. The summed E-state index contributed by atoms with van der Waals surface area (Å²) in [4.78, 5) is 24.8. The number of amides is 2. The van der Waals surface area contributed by atoms with Crippen LogP contribution in [0.4, 0.5) is 5.69 Å². The first-order valence-electron chi connectivity index (χ1n) is 9.52. The zero-order chi connectivity index (χ0) is 19.5. The standard InChI is InChI=1S/C20H23N5O2S/c1-2-11-25-18(13-7-8-13)23-24-20(25)28-12-17(26)22-16-6-4-3-5-15(16)19(27)21-14-9-10-14/h2-6,13-14H,1,7-12H2,(H,21,27)(H,22,26). The van der Waals surface area contributed by atoms with E-state index in [-0.39, 0.29) is 23.6 Å². The zero-order valence-corrected chi connectivity index (χ0v) is 16.4. The van der Waals surface area contributed by atoms with Gasteiger partial charge in [0.05, 0.1) is 17.0 Å². The summed E-state index contributed by atoms with van der Waals surface area (Å²) in [5.41, 5.74) is 1.01. The van der Waals surface area contributed by atoms with Crippen LogP contribution >= 0.6 is 11.8 Å². The van der Waals surface area contributed by atoms with Gasteiger partial charge >= 0.3 is 0 Å². The number of para-hydroxylation sites is 1. The maximum absolute atomic E-state index is 12.5. The number of benzene rings is 1. The van der Waals surface area contributed by atoms with E-state index in [1.165, 1.54) is 11.8 Å². The smallest absolute Gasteiger partial charge is 0.253 e. The molecule has 4 rings (SSSR count). The van der Waals surface area contributed by atoms with Crippen LogP contribution in [0.5, 0.6) is 0 Å². The number of nitrogens with zero attached hydrogens (tertiary/aromatic N) is 3. The second-order valence-electron chi connectivity index (χ2n) is 7.14. The SMILES string of the molecule is C=CCn1c(SCC(=O)Nc2ccccc2C(=O)NC2CC2)nnc1C1CC1. The number of thioether (sulfide) groups is 1. The Morgan fingerprint density at radius 3 is 2.71 bits per heavy atom. The van der Waals surface area contributed by atoms with Crippen LogP contribution in [0, 0.1) is 0 Å². The molecule has 2 aliphatic rings. The van der Waals surface area contributed by atoms with E-state index in [0.717, 1.165) is 36.7 Å². The van der Waals surface area contributed by atoms with E-state index in [9.17, 15) is 9.59 Å². The van der Waals surface area contributed by atoms with Crippen molar-refractivity contribution in [1.82, 2.24) is 20.1 Å². The number of aromatic nitrogens is 3. The minimum atomic E-state index is -0.183. The highest BCUT2D eigenvalue weighted by Gasteiger charge is 2.30. The van der Waals surface area contributed by atoms with E-state index in [0.29, 0.717) is 23.7 Å². The highest BCUT2D eigenvalue weighted by atomic mass is 32.2. The first-order chi connectivity index (χ1) is 13.7. The second kappa shape index (κ2) is 8.18. The lowest BCUT2D eigenvalue weighted by Gasteiger charge is -2.11. The van der Waals surface area contributed by atoms with E-state index in [1.54, 1.807) is 24.3 Å². The van der Waals surface area contributed by atoms with Crippen molar-refractivity contribution < 1.29 is 9.59 Å². The monoisotopic (exact) mass is 397 g/mol. The topological polar surface area (TPSA) is 88.9 Å². The summed E-state index contributed by atoms with van der Waals surface area (Å²) in [6.45, 7) is 4.43. The average molecular weight is 398 g/mol. The van der Waals surface area contributed by atoms with Gasteiger partial charge in [-0.15, -0.1) is 16.8 Å². The van der Waals surface area contributed by atoms with Crippen molar-refractivity contribution in [2.45, 2.75) is 49.3 Å². The van der Waals surface area contributed by atoms with Crippen molar-refractivity contribution in [3.05, 3.63) is 48.3 Å². The molecule has 1 heterocycles. The molecule has 2 N–H and O–H groups in total. The Kier molecular flexibility index (Phi) is 5.47. The highest BCUT2D eigenvalue weighted by Crippen LogP contribution is 2.40. The van der Waals surface area contributed by atoms with Gasteiger partial charge in [-0.05, 0) is 37.8 Å². The molecule has 7 nitrogen and oxygen atoms in total. The number of carbonyl (C=O) groups is 2. The van der Waals surface area contributed by atoms with Crippen LogP contribution in [-0.2, 0) is 11.3 Å². The van der Waals surface area contributed by atoms with Gasteiger partial charge < -0.3 is 15.2 Å². The molecule has 8 heteroatoms. The Morgan fingerprint density at radius 1 is 1.21 bits per heavy atom. The third-order valence-electron chi connectivity index (χ3n) is 4.69. The minimum absolute atomic E-state index is 0.147. The summed E-state index contributed by atoms with van der Waals surface area (Å²) < 4.78 is 2.03. The summed E-state index contributed by atoms with van der Waals surface area (Å²) in [7, 11) is 0. The van der Waals surface area contributed by atoms with Gasteiger partial charge in [-0.25, -0.2) is 0 Å². The summed E-state index contributed by atoms with van der Waals surface area (Å²) in [5, 5.41) is 15.1. The Hall–Kier alpha value is -2.61. The normalized spacial score (nSPS) is 15.9. The van der Waals surface area contributed by atoms with Crippen molar-refractivity contribution >= 4 is 29.3 Å². The van der Waals surface area contributed by atoms with Gasteiger partial charge in [0.2, 0.25) is 5.91 Å². The number of anilines is 1. The third kappa shape index (κ3) is 4.44. The summed E-state index contributed by atoms with van der Waals surface area (Å²) in [6, 6.07) is 7.34. The van der Waals surface area contributed by atoms with E-state index in [4.69, 9.17) is 0 Å². The lowest BCUT2D eigenvalue weighted by Crippen LogP contribution is -2.27. The largest absolute Gasteiger partial charge is 0.349 e. The van der Waals surface area contributed by atoms with Gasteiger partial charge in [-0.3, -0.25) is 9.59 Å². The lowest BCUT2D eigenvalue weighted by atomic mass is 10.1. The first-order valence-corrected chi connectivity index (χ1v) is 10.5. The van der Waals surface area contributed by atoms with E-state index >= 15 is 0 Å². The lowest BCUT2D eigenvalue weighted by molar-refractivity contribution is -0.113. The van der Waals surface area contributed by atoms with Crippen LogP contribution in [0.3, 0.4) is 0 Å². The van der Waals surface area contributed by atoms with Crippen LogP contribution in [0.1, 0.15) is 47.8 Å². The second-order valence-corrected chi connectivity index (χ2v) is 8.09. The first kappa shape index (κ1) is 18.7. The molecule has 0 radical (unpaired) electrons. The Labute approximate surface area is 168 Å². The van der Waals surface area contributed by atoms with Crippen LogP contribution in [0.2, 0.25) is 0 Å². The quantitative estimate of drug-likeness (QED) is 0.502. The zero-order valence-electron chi connectivity index (χ0n) is 15.6. The molecule has 2 aliphatic carbocycles. The molecule has 0 aliphatic heterocycles. The summed E-state index contributed by atoms with van der Waals surface area (Å²) in [6.07, 6.45) is 6.13. The predicted molar refractivity (Wildman–Crippen MR) is 108 cm³/mol. The van der Waals surface area contributed by atoms with Gasteiger partial charge in [-0.1, -0.05) is 30.0 Å². The van der Waals surface area contributed by atoms with E-state index < -0.39 is 0 Å². The van der Waals surface area contributed by atoms with Gasteiger partial charge in [-0.2, -0.15) is 0 Å². The van der Waals surface area contributed by atoms with Gasteiger partial charge in [0.1, 0.15) is 5.82 Å². The van der Waals surface area contributed by atoms with Gasteiger partial charge in [0.15, 0.2) is 5.16 Å². The molecule has 1 aromatic carbocycles. The average Bonchev–Trinajstić information content (AvgIpc) is 3.61. The molecule has 0 bridgehead atoms. The van der Waals surface area contributed by atoms with Crippen molar-refractivity contribution in [1.29, 1.82) is 0 Å². The highest BCUT2D eigenvalue weighted by molar-refractivity contribution is 7.99. The molecule has 28 heavy (non-hydrogen) atoms. The maximum atomic E-state index is 12.5. The Balaban J connectivity index is 1.39. The minimum Gasteiger partial charge on any atom is -0.349 e. The fourth-order valence-electron chi connectivity index (χ4n) is 2.95. The molecular weight excluding hydrogens is 374 g/mol. The van der Waals surface area contributed by atoms with Crippen LogP contribution in [0.15, 0.2) is 42.1 Å². The number of rotatable bonds is 9. The molecule has 2 fully saturated rings. The third-order valence-corrected chi connectivity index (χ3v) is 5.66. The number of hydrogen-bond acceptors (Lipinski definition) is 5. The van der Waals surface area contributed by atoms with Crippen LogP contribution < -0.4 is 10.6 Å². The molecule has 0 atom stereocenters. The Bertz CT molecular complexity index is 902. The van der Waals surface area contributed by atoms with Crippen molar-refractivity contribution in [3.63, 3.8) is 0 Å². The maximum Gasteiger partial charge on any atom is 0.253 e. The molecule has 1 aromatic heterocycles. The predicted octanol–water partition coefficient (Wildman–Crippen LogP) is 2.96.